The van der Waals surface area contributed by atoms with Crippen LogP contribution in [-0.4, -0.2) is 54.4 Å². The first kappa shape index (κ1) is 22.2. The third-order valence-electron chi connectivity index (χ3n) is 5.88. The predicted octanol–water partition coefficient (Wildman–Crippen LogP) is 3.52. The zero-order valence-electron chi connectivity index (χ0n) is 17.7. The molecule has 1 aliphatic carbocycles. The second kappa shape index (κ2) is 11.1. The monoisotopic (exact) mass is 422 g/mol. The number of rotatable bonds is 6. The van der Waals surface area contributed by atoms with Gasteiger partial charge in [0, 0.05) is 30.9 Å². The number of benzene rings is 1. The lowest BCUT2D eigenvalue weighted by Crippen LogP contribution is -2.45. The number of aliphatic hydroxyl groups excluding tert-OH is 1. The molecule has 1 aliphatic heterocycles. The van der Waals surface area contributed by atoms with Crippen LogP contribution >= 0.6 is 11.8 Å². The molecule has 0 amide bonds. The fourth-order valence-corrected chi connectivity index (χ4v) is 5.01. The molecule has 2 atom stereocenters. The number of hydrogen-bond acceptors (Lipinski definition) is 4. The molecule has 0 aromatic heterocycles. The third kappa shape index (κ3) is 6.51. The Morgan fingerprint density at radius 3 is 2.76 bits per heavy atom. The lowest BCUT2D eigenvalue weighted by Gasteiger charge is -2.31. The molecule has 29 heavy (non-hydrogen) atoms. The number of hydrogen-bond donors (Lipinski definition) is 3. The van der Waals surface area contributed by atoms with Crippen molar-refractivity contribution in [2.45, 2.75) is 69.4 Å². The van der Waals surface area contributed by atoms with Crippen molar-refractivity contribution in [1.82, 2.24) is 10.6 Å². The summed E-state index contributed by atoms with van der Waals surface area (Å²) in [6, 6.07) is 5.86. The molecule has 3 N–H and O–H groups in total. The van der Waals surface area contributed by atoms with Crippen LogP contribution in [0.3, 0.4) is 0 Å². The van der Waals surface area contributed by atoms with Crippen LogP contribution in [0.1, 0.15) is 51.0 Å². The zero-order valence-corrected chi connectivity index (χ0v) is 18.5. The Balaban J connectivity index is 1.60. The van der Waals surface area contributed by atoms with E-state index >= 15 is 0 Å². The average molecular weight is 423 g/mol. The first-order valence-electron chi connectivity index (χ1n) is 10.9. The Bertz CT molecular complexity index is 679. The standard InChI is InChI=1S/C22H35FN4OS/c1-3-24-22(26-17-5-4-6-19(14-17)29-2)25-15-16-7-8-21(20(23)13-16)27-11-9-18(28)10-12-27/h7-8,13,17-19,28H,3-6,9-12,14-15H2,1-2H3,(H2,24,25,26). The second-order valence-electron chi connectivity index (χ2n) is 8.06. The van der Waals surface area contributed by atoms with Crippen LogP contribution in [0, 0.1) is 5.82 Å². The Morgan fingerprint density at radius 1 is 1.28 bits per heavy atom. The summed E-state index contributed by atoms with van der Waals surface area (Å²) in [5.74, 6) is 0.607. The Hall–Kier alpha value is -1.47. The van der Waals surface area contributed by atoms with Crippen molar-refractivity contribution in [3.05, 3.63) is 29.6 Å². The normalized spacial score (nSPS) is 23.9. The molecule has 162 valence electrons. The van der Waals surface area contributed by atoms with Crippen LogP contribution in [0.2, 0.25) is 0 Å². The summed E-state index contributed by atoms with van der Waals surface area (Å²) in [6.07, 6.45) is 8.22. The highest BCUT2D eigenvalue weighted by atomic mass is 32.2. The maximum absolute atomic E-state index is 14.7. The van der Waals surface area contributed by atoms with E-state index in [2.05, 4.69) is 23.8 Å². The van der Waals surface area contributed by atoms with E-state index in [4.69, 9.17) is 4.99 Å². The van der Waals surface area contributed by atoms with Crippen LogP contribution < -0.4 is 15.5 Å². The van der Waals surface area contributed by atoms with Gasteiger partial charge in [0.15, 0.2) is 5.96 Å². The fraction of sp³-hybridized carbons (Fsp3) is 0.682. The summed E-state index contributed by atoms with van der Waals surface area (Å²) in [5, 5.41) is 17.3. The molecule has 0 radical (unpaired) electrons. The largest absolute Gasteiger partial charge is 0.393 e. The first-order chi connectivity index (χ1) is 14.1. The van der Waals surface area contributed by atoms with Gasteiger partial charge in [0.25, 0.3) is 0 Å². The maximum atomic E-state index is 14.7. The zero-order chi connectivity index (χ0) is 20.6. The number of aliphatic hydroxyl groups is 1. The molecular formula is C22H35FN4OS. The fourth-order valence-electron chi connectivity index (χ4n) is 4.19. The highest BCUT2D eigenvalue weighted by molar-refractivity contribution is 7.99. The molecule has 3 rings (SSSR count). The molecule has 2 unspecified atom stereocenters. The molecule has 1 heterocycles. The van der Waals surface area contributed by atoms with Crippen molar-refractivity contribution in [3.63, 3.8) is 0 Å². The summed E-state index contributed by atoms with van der Waals surface area (Å²) < 4.78 is 14.7. The SMILES string of the molecule is CCNC(=NCc1ccc(N2CCC(O)CC2)c(F)c1)NC1CCCC(SC)C1. The summed E-state index contributed by atoms with van der Waals surface area (Å²) in [6.45, 7) is 4.71. The highest BCUT2D eigenvalue weighted by Crippen LogP contribution is 2.27. The van der Waals surface area contributed by atoms with Gasteiger partial charge >= 0.3 is 0 Å². The van der Waals surface area contributed by atoms with Gasteiger partial charge in [-0.3, -0.25) is 0 Å². The Labute approximate surface area is 178 Å². The number of halogens is 1. The molecule has 1 saturated carbocycles. The summed E-state index contributed by atoms with van der Waals surface area (Å²) in [4.78, 5) is 6.72. The van der Waals surface area contributed by atoms with Gasteiger partial charge in [0.2, 0.25) is 0 Å². The second-order valence-corrected chi connectivity index (χ2v) is 9.20. The third-order valence-corrected chi connectivity index (χ3v) is 6.98. The number of piperidine rings is 1. The van der Waals surface area contributed by atoms with Crippen molar-refractivity contribution in [1.29, 1.82) is 0 Å². The molecule has 2 fully saturated rings. The molecule has 0 spiro atoms. The van der Waals surface area contributed by atoms with Gasteiger partial charge in [0.1, 0.15) is 5.82 Å². The Morgan fingerprint density at radius 2 is 2.07 bits per heavy atom. The van der Waals surface area contributed by atoms with Crippen LogP contribution in [0.4, 0.5) is 10.1 Å². The summed E-state index contributed by atoms with van der Waals surface area (Å²) in [5.41, 5.74) is 1.49. The number of aliphatic imine (C=N–C) groups is 1. The van der Waals surface area contributed by atoms with Gasteiger partial charge in [-0.25, -0.2) is 9.38 Å². The van der Waals surface area contributed by atoms with E-state index in [0.717, 1.165) is 23.3 Å². The van der Waals surface area contributed by atoms with E-state index in [0.29, 0.717) is 44.2 Å². The van der Waals surface area contributed by atoms with Gasteiger partial charge < -0.3 is 20.6 Å². The van der Waals surface area contributed by atoms with Gasteiger partial charge in [-0.2, -0.15) is 11.8 Å². The number of thioether (sulfide) groups is 1. The van der Waals surface area contributed by atoms with E-state index in [9.17, 15) is 9.50 Å². The molecular weight excluding hydrogens is 387 g/mol. The van der Waals surface area contributed by atoms with Gasteiger partial charge in [-0.05, 0) is 63.0 Å². The van der Waals surface area contributed by atoms with E-state index in [-0.39, 0.29) is 11.9 Å². The number of nitrogens with one attached hydrogen (secondary N) is 2. The molecule has 2 aliphatic rings. The van der Waals surface area contributed by atoms with E-state index in [1.54, 1.807) is 6.07 Å². The quantitative estimate of drug-likeness (QED) is 0.484. The Kier molecular flexibility index (Phi) is 8.48. The van der Waals surface area contributed by atoms with Gasteiger partial charge in [-0.15, -0.1) is 0 Å². The number of guanidine groups is 1. The molecule has 5 nitrogen and oxygen atoms in total. The van der Waals surface area contributed by atoms with Gasteiger partial charge in [0.05, 0.1) is 18.3 Å². The maximum Gasteiger partial charge on any atom is 0.191 e. The number of nitrogens with zero attached hydrogens (tertiary/aromatic N) is 2. The minimum Gasteiger partial charge on any atom is -0.393 e. The van der Waals surface area contributed by atoms with E-state index < -0.39 is 0 Å². The molecule has 7 heteroatoms. The first-order valence-corrected chi connectivity index (χ1v) is 12.2. The molecule has 1 aromatic rings. The van der Waals surface area contributed by atoms with Crippen LogP contribution in [0.25, 0.3) is 0 Å². The minimum absolute atomic E-state index is 0.206. The van der Waals surface area contributed by atoms with Crippen molar-refractivity contribution in [3.8, 4) is 0 Å². The minimum atomic E-state index is -0.254. The van der Waals surface area contributed by atoms with Gasteiger partial charge in [-0.1, -0.05) is 12.5 Å². The lowest BCUT2D eigenvalue weighted by molar-refractivity contribution is 0.145. The lowest BCUT2D eigenvalue weighted by atomic mass is 9.95. The predicted molar refractivity (Wildman–Crippen MR) is 121 cm³/mol. The van der Waals surface area contributed by atoms with Crippen LogP contribution in [0.15, 0.2) is 23.2 Å². The molecule has 1 saturated heterocycles. The summed E-state index contributed by atoms with van der Waals surface area (Å²) >= 11 is 1.96. The smallest absolute Gasteiger partial charge is 0.191 e. The molecule has 1 aromatic carbocycles. The summed E-state index contributed by atoms with van der Waals surface area (Å²) in [7, 11) is 0. The van der Waals surface area contributed by atoms with Crippen molar-refractivity contribution >= 4 is 23.4 Å². The van der Waals surface area contributed by atoms with Crippen molar-refractivity contribution in [2.75, 3.05) is 30.8 Å². The average Bonchev–Trinajstić information content (AvgIpc) is 2.73. The van der Waals surface area contributed by atoms with E-state index in [1.807, 2.05) is 28.8 Å². The van der Waals surface area contributed by atoms with Crippen molar-refractivity contribution in [2.24, 2.45) is 4.99 Å². The highest BCUT2D eigenvalue weighted by Gasteiger charge is 2.22. The van der Waals surface area contributed by atoms with Crippen LogP contribution in [0.5, 0.6) is 0 Å². The van der Waals surface area contributed by atoms with Crippen molar-refractivity contribution < 1.29 is 9.50 Å². The number of anilines is 1. The van der Waals surface area contributed by atoms with E-state index in [1.165, 1.54) is 25.7 Å². The topological polar surface area (TPSA) is 59.9 Å². The molecule has 0 bridgehead atoms. The van der Waals surface area contributed by atoms with Crippen LogP contribution in [-0.2, 0) is 6.54 Å².